The van der Waals surface area contributed by atoms with Crippen molar-refractivity contribution in [3.63, 3.8) is 0 Å². The predicted molar refractivity (Wildman–Crippen MR) is 162 cm³/mol. The number of aryl methyl sites for hydroxylation is 1. The predicted octanol–water partition coefficient (Wildman–Crippen LogP) is 5.53. The maximum Gasteiger partial charge on any atom is 0.260 e. The van der Waals surface area contributed by atoms with Crippen LogP contribution in [0.15, 0.2) is 36.7 Å². The molecule has 1 unspecified atom stereocenters. The highest BCUT2D eigenvalue weighted by molar-refractivity contribution is 7.45. The van der Waals surface area contributed by atoms with Gasteiger partial charge in [-0.3, -0.25) is 4.57 Å². The van der Waals surface area contributed by atoms with Crippen molar-refractivity contribution in [3.05, 3.63) is 48.0 Å². The van der Waals surface area contributed by atoms with E-state index < -0.39 is 32.6 Å². The Kier molecular flexibility index (Phi) is 9.74. The number of benzene rings is 1. The first-order valence-electron chi connectivity index (χ1n) is 15.5. The molecule has 0 amide bonds. The average Bonchev–Trinajstić information content (AvgIpc) is 3.81. The van der Waals surface area contributed by atoms with E-state index in [1.165, 1.54) is 0 Å². The second-order valence-electron chi connectivity index (χ2n) is 11.5. The molecule has 3 saturated heterocycles. The fourth-order valence-electron chi connectivity index (χ4n) is 6.33. The molecule has 2 aromatic heterocycles. The Morgan fingerprint density at radius 3 is 2.77 bits per heavy atom. The van der Waals surface area contributed by atoms with Gasteiger partial charge in [-0.15, -0.1) is 0 Å². The molecule has 0 radical (unpaired) electrons. The number of imidazole rings is 1. The zero-order valence-corrected chi connectivity index (χ0v) is 26.7. The minimum absolute atomic E-state index is 0.0130. The van der Waals surface area contributed by atoms with Crippen LogP contribution in [-0.2, 0) is 28.9 Å². The number of nitrogens with zero attached hydrogens (tertiary/aromatic N) is 6. The van der Waals surface area contributed by atoms with Crippen LogP contribution in [-0.4, -0.2) is 75.1 Å². The van der Waals surface area contributed by atoms with E-state index in [0.717, 1.165) is 31.4 Å². The third kappa shape index (κ3) is 5.95. The molecule has 3 fully saturated rings. The lowest BCUT2D eigenvalue weighted by molar-refractivity contribution is -0.135. The van der Waals surface area contributed by atoms with Crippen LogP contribution in [0, 0.1) is 18.3 Å². The van der Waals surface area contributed by atoms with Gasteiger partial charge in [0.05, 0.1) is 44.2 Å². The smallest absolute Gasteiger partial charge is 0.260 e. The van der Waals surface area contributed by atoms with Crippen LogP contribution < -0.4 is 4.74 Å². The Bertz CT molecular complexity index is 1450. The molecule has 6 rings (SSSR count). The molecule has 0 aliphatic carbocycles. The summed E-state index contributed by atoms with van der Waals surface area (Å²) < 4.78 is 42.7. The Hall–Kier alpha value is -2.75. The summed E-state index contributed by atoms with van der Waals surface area (Å²) >= 11 is 0. The Morgan fingerprint density at radius 2 is 2.00 bits per heavy atom. The second-order valence-corrected chi connectivity index (χ2v) is 12.9. The summed E-state index contributed by atoms with van der Waals surface area (Å²) in [6.45, 7) is 9.84. The van der Waals surface area contributed by atoms with Gasteiger partial charge in [0.1, 0.15) is 30.4 Å². The SMILES string of the molecule is CCCOc1nc(C)nc2c1ncn2[C@@H]1O[C@H](CC)[C@H](O[P@@]2O[C@](C)(c3ccccc3)[C@H]3CCCN32)C1OCOCCC#N. The minimum atomic E-state index is -1.40. The highest BCUT2D eigenvalue weighted by atomic mass is 31.2. The van der Waals surface area contributed by atoms with Gasteiger partial charge < -0.3 is 28.0 Å². The molecule has 236 valence electrons. The van der Waals surface area contributed by atoms with Gasteiger partial charge >= 0.3 is 0 Å². The van der Waals surface area contributed by atoms with Gasteiger partial charge in [0.2, 0.25) is 5.88 Å². The summed E-state index contributed by atoms with van der Waals surface area (Å²) in [5.74, 6) is 1.02. The first-order chi connectivity index (χ1) is 21.5. The standard InChI is InChI=1S/C31H41N6O6P/c1-5-17-39-29-25-28(34-21(3)35-29)36(19-33-25)30-27(40-20-38-18-11-15-32)26(23(6-2)41-30)42-44-37-16-10-14-24(37)31(4,43-44)22-12-8-7-9-13-22/h7-9,12-13,19,23-24,26-27,30H,5-6,10-11,14,16-18,20H2,1-4H3/t23-,24-,26+,27?,30-,31-,44+/m1/s1. The zero-order valence-electron chi connectivity index (χ0n) is 25.8. The fourth-order valence-corrected chi connectivity index (χ4v) is 8.48. The van der Waals surface area contributed by atoms with E-state index >= 15 is 0 Å². The van der Waals surface area contributed by atoms with Crippen molar-refractivity contribution in [3.8, 4) is 11.9 Å². The number of hydrogen-bond donors (Lipinski definition) is 0. The highest BCUT2D eigenvalue weighted by Crippen LogP contribution is 2.64. The average molecular weight is 625 g/mol. The molecular formula is C31H41N6O6P. The van der Waals surface area contributed by atoms with Crippen LogP contribution >= 0.6 is 8.53 Å². The van der Waals surface area contributed by atoms with E-state index in [4.69, 9.17) is 38.2 Å². The van der Waals surface area contributed by atoms with Gasteiger partial charge in [-0.05, 0) is 45.1 Å². The molecule has 3 aromatic rings. The third-order valence-electron chi connectivity index (χ3n) is 8.50. The summed E-state index contributed by atoms with van der Waals surface area (Å²) in [6, 6.07) is 12.7. The molecule has 1 aromatic carbocycles. The quantitative estimate of drug-likeness (QED) is 0.135. The lowest BCUT2D eigenvalue weighted by Crippen LogP contribution is -2.37. The molecule has 5 heterocycles. The van der Waals surface area contributed by atoms with Crippen molar-refractivity contribution in [2.75, 3.05) is 26.6 Å². The fraction of sp³-hybridized carbons (Fsp3) is 0.613. The third-order valence-corrected chi connectivity index (χ3v) is 10.4. The van der Waals surface area contributed by atoms with Crippen molar-refractivity contribution >= 4 is 19.7 Å². The number of aromatic nitrogens is 4. The maximum absolute atomic E-state index is 8.95. The molecule has 0 bridgehead atoms. The Morgan fingerprint density at radius 1 is 1.16 bits per heavy atom. The number of fused-ring (bicyclic) bond motifs is 2. The molecule has 12 nitrogen and oxygen atoms in total. The molecular weight excluding hydrogens is 583 g/mol. The zero-order chi connectivity index (χ0) is 30.7. The van der Waals surface area contributed by atoms with Crippen molar-refractivity contribution in [1.82, 2.24) is 24.2 Å². The topological polar surface area (TPSA) is 126 Å². The van der Waals surface area contributed by atoms with Crippen LogP contribution in [0.3, 0.4) is 0 Å². The van der Waals surface area contributed by atoms with E-state index in [1.807, 2.05) is 24.5 Å². The highest BCUT2D eigenvalue weighted by Gasteiger charge is 2.57. The molecule has 0 saturated carbocycles. The van der Waals surface area contributed by atoms with Gasteiger partial charge in [-0.25, -0.2) is 14.6 Å². The first kappa shape index (κ1) is 31.2. The van der Waals surface area contributed by atoms with E-state index in [0.29, 0.717) is 35.9 Å². The summed E-state index contributed by atoms with van der Waals surface area (Å²) in [6.07, 6.45) is 3.76. The van der Waals surface area contributed by atoms with Crippen molar-refractivity contribution in [1.29, 1.82) is 5.26 Å². The van der Waals surface area contributed by atoms with Crippen LogP contribution in [0.1, 0.15) is 70.5 Å². The van der Waals surface area contributed by atoms with E-state index in [-0.39, 0.29) is 32.0 Å². The van der Waals surface area contributed by atoms with E-state index in [2.05, 4.69) is 58.8 Å². The maximum atomic E-state index is 8.95. The summed E-state index contributed by atoms with van der Waals surface area (Å²) in [5.41, 5.74) is 1.83. The van der Waals surface area contributed by atoms with Gasteiger partial charge in [0, 0.05) is 6.54 Å². The normalized spacial score (nSPS) is 30.2. The molecule has 3 aliphatic rings. The van der Waals surface area contributed by atoms with E-state index in [1.54, 1.807) is 6.33 Å². The minimum Gasteiger partial charge on any atom is -0.476 e. The number of nitriles is 1. The largest absolute Gasteiger partial charge is 0.476 e. The second kappa shape index (κ2) is 13.7. The lowest BCUT2D eigenvalue weighted by atomic mass is 9.87. The lowest BCUT2D eigenvalue weighted by Gasteiger charge is -2.29. The monoisotopic (exact) mass is 624 g/mol. The molecule has 0 spiro atoms. The summed E-state index contributed by atoms with van der Waals surface area (Å²) in [7, 11) is -1.40. The van der Waals surface area contributed by atoms with Gasteiger partial charge in [0.25, 0.3) is 8.53 Å². The molecule has 0 N–H and O–H groups in total. The number of hydrogen-bond acceptors (Lipinski definition) is 11. The summed E-state index contributed by atoms with van der Waals surface area (Å²) in [5, 5.41) is 8.95. The number of ether oxygens (including phenoxy) is 4. The van der Waals surface area contributed by atoms with Crippen molar-refractivity contribution < 1.29 is 28.0 Å². The Labute approximate surface area is 259 Å². The van der Waals surface area contributed by atoms with Gasteiger partial charge in [-0.2, -0.15) is 10.2 Å². The van der Waals surface area contributed by atoms with E-state index in [9.17, 15) is 0 Å². The number of rotatable bonds is 13. The molecule has 7 atom stereocenters. The van der Waals surface area contributed by atoms with Crippen LogP contribution in [0.2, 0.25) is 0 Å². The Balaban J connectivity index is 1.31. The molecule has 44 heavy (non-hydrogen) atoms. The first-order valence-corrected chi connectivity index (χ1v) is 16.6. The van der Waals surface area contributed by atoms with Crippen molar-refractivity contribution in [2.45, 2.75) is 96.0 Å². The van der Waals surface area contributed by atoms with Crippen molar-refractivity contribution in [2.24, 2.45) is 0 Å². The molecule has 13 heteroatoms. The summed E-state index contributed by atoms with van der Waals surface area (Å²) in [4.78, 5) is 13.8. The van der Waals surface area contributed by atoms with Crippen LogP contribution in [0.5, 0.6) is 5.88 Å². The van der Waals surface area contributed by atoms with Crippen LogP contribution in [0.4, 0.5) is 0 Å². The van der Waals surface area contributed by atoms with Gasteiger partial charge in [-0.1, -0.05) is 44.2 Å². The van der Waals surface area contributed by atoms with Gasteiger partial charge in [0.15, 0.2) is 17.4 Å². The molecule has 3 aliphatic heterocycles. The van der Waals surface area contributed by atoms with Crippen LogP contribution in [0.25, 0.3) is 11.2 Å².